The summed E-state index contributed by atoms with van der Waals surface area (Å²) in [5, 5.41) is 3.16. The van der Waals surface area contributed by atoms with Crippen LogP contribution in [0.3, 0.4) is 0 Å². The van der Waals surface area contributed by atoms with E-state index in [2.05, 4.69) is 31.2 Å². The van der Waals surface area contributed by atoms with Crippen LogP contribution in [0.4, 0.5) is 17.3 Å². The van der Waals surface area contributed by atoms with E-state index >= 15 is 0 Å². The number of aromatic nitrogens is 2. The van der Waals surface area contributed by atoms with Gasteiger partial charge in [-0.3, -0.25) is 0 Å². The minimum absolute atomic E-state index is 0.307. The first-order chi connectivity index (χ1) is 9.60. The summed E-state index contributed by atoms with van der Waals surface area (Å²) in [5.41, 5.74) is 6.58. The molecule has 0 aliphatic heterocycles. The molecule has 2 rings (SSSR count). The molecule has 1 aromatic carbocycles. The van der Waals surface area contributed by atoms with Crippen molar-refractivity contribution in [2.24, 2.45) is 0 Å². The quantitative estimate of drug-likeness (QED) is 0.872. The van der Waals surface area contributed by atoms with Crippen molar-refractivity contribution >= 4 is 33.3 Å². The van der Waals surface area contributed by atoms with Crippen molar-refractivity contribution in [1.82, 2.24) is 9.97 Å². The highest BCUT2D eigenvalue weighted by Gasteiger charge is 2.05. The lowest BCUT2D eigenvalue weighted by Gasteiger charge is -2.10. The summed E-state index contributed by atoms with van der Waals surface area (Å²) in [6.07, 6.45) is 0. The fourth-order valence-corrected chi connectivity index (χ4v) is 2.15. The lowest BCUT2D eigenvalue weighted by molar-refractivity contribution is 0.178. The fourth-order valence-electron chi connectivity index (χ4n) is 1.68. The van der Waals surface area contributed by atoms with Crippen LogP contribution < -0.4 is 15.8 Å². The number of nitrogens with zero attached hydrogens (tertiary/aromatic N) is 2. The van der Waals surface area contributed by atoms with Gasteiger partial charge in [0.05, 0.1) is 7.11 Å². The maximum absolute atomic E-state index is 5.75. The molecule has 6 nitrogen and oxygen atoms in total. The van der Waals surface area contributed by atoms with E-state index in [1.165, 1.54) is 0 Å². The maximum atomic E-state index is 5.75. The van der Waals surface area contributed by atoms with Crippen molar-refractivity contribution < 1.29 is 9.47 Å². The second-order valence-electron chi connectivity index (χ2n) is 4.03. The average Bonchev–Trinajstić information content (AvgIpc) is 2.37. The van der Waals surface area contributed by atoms with Crippen LogP contribution in [0.5, 0.6) is 5.75 Å². The number of nitrogens with one attached hydrogen (secondary N) is 1. The Kier molecular flexibility index (Phi) is 4.75. The SMILES string of the molecule is COCc1nc(N)cc(Nc2cc(Br)cc(OC)c2)n1. The fraction of sp³-hybridized carbons (Fsp3) is 0.231. The molecule has 0 unspecified atom stereocenters. The minimum atomic E-state index is 0.307. The van der Waals surface area contributed by atoms with Crippen molar-refractivity contribution in [1.29, 1.82) is 0 Å². The van der Waals surface area contributed by atoms with Crippen molar-refractivity contribution in [2.45, 2.75) is 6.61 Å². The van der Waals surface area contributed by atoms with Crippen molar-refractivity contribution in [3.63, 3.8) is 0 Å². The van der Waals surface area contributed by atoms with Crippen molar-refractivity contribution in [3.05, 3.63) is 34.6 Å². The summed E-state index contributed by atoms with van der Waals surface area (Å²) in [4.78, 5) is 8.40. The molecule has 0 amide bonds. The Labute approximate surface area is 125 Å². The van der Waals surface area contributed by atoms with Crippen LogP contribution in [0.15, 0.2) is 28.7 Å². The molecule has 3 N–H and O–H groups in total. The molecular formula is C13H15BrN4O2. The molecule has 2 aromatic rings. The van der Waals surface area contributed by atoms with Crippen LogP contribution in [0.25, 0.3) is 0 Å². The Balaban J connectivity index is 2.27. The van der Waals surface area contributed by atoms with E-state index in [4.69, 9.17) is 15.2 Å². The average molecular weight is 339 g/mol. The Morgan fingerprint density at radius 2 is 2.00 bits per heavy atom. The Morgan fingerprint density at radius 3 is 2.70 bits per heavy atom. The van der Waals surface area contributed by atoms with E-state index in [9.17, 15) is 0 Å². The second-order valence-corrected chi connectivity index (χ2v) is 4.95. The predicted octanol–water partition coefficient (Wildman–Crippen LogP) is 2.72. The van der Waals surface area contributed by atoms with Crippen molar-refractivity contribution in [2.75, 3.05) is 25.3 Å². The van der Waals surface area contributed by atoms with Gasteiger partial charge in [-0.25, -0.2) is 9.97 Å². The largest absolute Gasteiger partial charge is 0.497 e. The number of benzene rings is 1. The third-order valence-corrected chi connectivity index (χ3v) is 2.90. The zero-order valence-electron chi connectivity index (χ0n) is 11.2. The zero-order chi connectivity index (χ0) is 14.5. The molecule has 0 saturated carbocycles. The van der Waals surface area contributed by atoms with Gasteiger partial charge in [0, 0.05) is 29.4 Å². The first-order valence-electron chi connectivity index (χ1n) is 5.84. The van der Waals surface area contributed by atoms with Gasteiger partial charge in [0.1, 0.15) is 24.0 Å². The maximum Gasteiger partial charge on any atom is 0.158 e. The Morgan fingerprint density at radius 1 is 1.20 bits per heavy atom. The number of methoxy groups -OCH3 is 2. The molecule has 0 spiro atoms. The lowest BCUT2D eigenvalue weighted by atomic mass is 10.3. The Hall–Kier alpha value is -1.86. The molecule has 20 heavy (non-hydrogen) atoms. The number of nitrogen functional groups attached to an aromatic ring is 1. The van der Waals surface area contributed by atoms with E-state index < -0.39 is 0 Å². The monoisotopic (exact) mass is 338 g/mol. The molecule has 0 fully saturated rings. The standard InChI is InChI=1S/C13H15BrN4O2/c1-19-7-13-17-11(15)6-12(18-13)16-9-3-8(14)4-10(5-9)20-2/h3-6H,7H2,1-2H3,(H3,15,16,17,18). The number of ether oxygens (including phenoxy) is 2. The van der Waals surface area contributed by atoms with Crippen LogP contribution in [0.2, 0.25) is 0 Å². The molecule has 0 bridgehead atoms. The third-order valence-electron chi connectivity index (χ3n) is 2.45. The molecule has 0 radical (unpaired) electrons. The van der Waals surface area contributed by atoms with Gasteiger partial charge >= 0.3 is 0 Å². The normalized spacial score (nSPS) is 10.3. The Bertz CT molecular complexity index is 607. The minimum Gasteiger partial charge on any atom is -0.497 e. The lowest BCUT2D eigenvalue weighted by Crippen LogP contribution is -2.04. The number of hydrogen-bond donors (Lipinski definition) is 2. The molecular weight excluding hydrogens is 324 g/mol. The molecule has 1 heterocycles. The van der Waals surface area contributed by atoms with Crippen LogP contribution in [-0.2, 0) is 11.3 Å². The van der Waals surface area contributed by atoms with Gasteiger partial charge in [-0.15, -0.1) is 0 Å². The summed E-state index contributed by atoms with van der Waals surface area (Å²) in [7, 11) is 3.20. The zero-order valence-corrected chi connectivity index (χ0v) is 12.8. The van der Waals surface area contributed by atoms with Gasteiger partial charge in [0.15, 0.2) is 5.82 Å². The molecule has 0 atom stereocenters. The first-order valence-corrected chi connectivity index (χ1v) is 6.64. The van der Waals surface area contributed by atoms with Gasteiger partial charge in [0.2, 0.25) is 0 Å². The van der Waals surface area contributed by atoms with Gasteiger partial charge in [0.25, 0.3) is 0 Å². The highest BCUT2D eigenvalue weighted by molar-refractivity contribution is 9.10. The molecule has 1 aromatic heterocycles. The predicted molar refractivity (Wildman–Crippen MR) is 81.1 cm³/mol. The highest BCUT2D eigenvalue weighted by Crippen LogP contribution is 2.26. The topological polar surface area (TPSA) is 82.3 Å². The van der Waals surface area contributed by atoms with Gasteiger partial charge in [-0.05, 0) is 12.1 Å². The highest BCUT2D eigenvalue weighted by atomic mass is 79.9. The van der Waals surface area contributed by atoms with Crippen LogP contribution in [0, 0.1) is 0 Å². The number of rotatable bonds is 5. The van der Waals surface area contributed by atoms with E-state index in [1.54, 1.807) is 20.3 Å². The summed E-state index contributed by atoms with van der Waals surface area (Å²) in [5.74, 6) is 2.25. The third kappa shape index (κ3) is 3.82. The van der Waals surface area contributed by atoms with Gasteiger partial charge in [-0.2, -0.15) is 0 Å². The number of hydrogen-bond acceptors (Lipinski definition) is 6. The molecule has 7 heteroatoms. The molecule has 0 aliphatic rings. The number of nitrogens with two attached hydrogens (primary N) is 1. The first kappa shape index (κ1) is 14.5. The van der Waals surface area contributed by atoms with Gasteiger partial charge < -0.3 is 20.5 Å². The summed E-state index contributed by atoms with van der Waals surface area (Å²) >= 11 is 3.42. The number of anilines is 3. The molecule has 0 aliphatic carbocycles. The van der Waals surface area contributed by atoms with Crippen LogP contribution in [-0.4, -0.2) is 24.2 Å². The second kappa shape index (κ2) is 6.53. The van der Waals surface area contributed by atoms with Crippen LogP contribution in [0.1, 0.15) is 5.82 Å². The van der Waals surface area contributed by atoms with E-state index in [-0.39, 0.29) is 0 Å². The van der Waals surface area contributed by atoms with E-state index in [0.29, 0.717) is 24.1 Å². The molecule has 0 saturated heterocycles. The van der Waals surface area contributed by atoms with Crippen molar-refractivity contribution in [3.8, 4) is 5.75 Å². The van der Waals surface area contributed by atoms with E-state index in [0.717, 1.165) is 15.9 Å². The number of halogens is 1. The smallest absolute Gasteiger partial charge is 0.158 e. The molecule has 106 valence electrons. The van der Waals surface area contributed by atoms with Crippen LogP contribution >= 0.6 is 15.9 Å². The van der Waals surface area contributed by atoms with Gasteiger partial charge in [-0.1, -0.05) is 15.9 Å². The summed E-state index contributed by atoms with van der Waals surface area (Å²) in [6.45, 7) is 0.307. The summed E-state index contributed by atoms with van der Waals surface area (Å²) in [6, 6.07) is 7.30. The summed E-state index contributed by atoms with van der Waals surface area (Å²) < 4.78 is 11.1. The van der Waals surface area contributed by atoms with E-state index in [1.807, 2.05) is 18.2 Å².